The molecule has 3 heteroatoms. The molecule has 0 heterocycles. The Labute approximate surface area is 298 Å². The summed E-state index contributed by atoms with van der Waals surface area (Å²) in [7, 11) is 0. The minimum Gasteiger partial charge on any atom is -0.345 e. The highest BCUT2D eigenvalue weighted by Gasteiger charge is 2.37. The maximum absolute atomic E-state index is 9.12. The van der Waals surface area contributed by atoms with Gasteiger partial charge in [-0.1, -0.05) is 166 Å². The highest BCUT2D eigenvalue weighted by Crippen LogP contribution is 2.52. The molecule has 8 aromatic rings. The van der Waals surface area contributed by atoms with Gasteiger partial charge in [0.05, 0.1) is 0 Å². The monoisotopic (exact) mass is 655 g/mol. The summed E-state index contributed by atoms with van der Waals surface area (Å²) in [5, 5.41) is 19.7. The Morgan fingerprint density at radius 3 is 2.14 bits per heavy atom. The second kappa shape index (κ2) is 12.2. The van der Waals surface area contributed by atoms with Gasteiger partial charge in [-0.3, -0.25) is 10.4 Å². The minimum atomic E-state index is -0.511. The topological polar surface area (TPSA) is 48.2 Å². The third-order valence-electron chi connectivity index (χ3n) is 10.6. The van der Waals surface area contributed by atoms with Gasteiger partial charge >= 0.3 is 0 Å². The largest absolute Gasteiger partial charge is 0.345 e. The van der Waals surface area contributed by atoms with Crippen LogP contribution in [0.4, 0.5) is 0 Å². The van der Waals surface area contributed by atoms with E-state index >= 15 is 0 Å². The highest BCUT2D eigenvalue weighted by molar-refractivity contribution is 6.21. The van der Waals surface area contributed by atoms with Crippen LogP contribution in [0.1, 0.15) is 47.8 Å². The van der Waals surface area contributed by atoms with Crippen LogP contribution in [0.25, 0.3) is 54.6 Å². The van der Waals surface area contributed by atoms with E-state index in [0.717, 1.165) is 27.6 Å². The van der Waals surface area contributed by atoms with Gasteiger partial charge in [0.25, 0.3) is 0 Å². The second-order valence-corrected chi connectivity index (χ2v) is 14.0. The SMILES string of the molecule is CC1(C)c2ccccc2-c2cccc(-c3cccc(C(/N=C/c4c5ccccc5cc5ccc6ccccc6c45)NC(=N)c4ccccc4)c3)c21. The van der Waals surface area contributed by atoms with Crippen LogP contribution in [0.15, 0.2) is 169 Å². The lowest BCUT2D eigenvalue weighted by molar-refractivity contribution is 0.662. The van der Waals surface area contributed by atoms with Crippen molar-refractivity contribution in [2.45, 2.75) is 25.4 Å². The van der Waals surface area contributed by atoms with Crippen molar-refractivity contribution >= 4 is 44.4 Å². The van der Waals surface area contributed by atoms with E-state index < -0.39 is 6.17 Å². The summed E-state index contributed by atoms with van der Waals surface area (Å²) < 4.78 is 0. The number of aliphatic imine (C=N–C) groups is 1. The highest BCUT2D eigenvalue weighted by atomic mass is 15.1. The van der Waals surface area contributed by atoms with Crippen LogP contribution in [0, 0.1) is 5.41 Å². The smallest absolute Gasteiger partial charge is 0.145 e. The van der Waals surface area contributed by atoms with E-state index in [9.17, 15) is 0 Å². The van der Waals surface area contributed by atoms with Crippen LogP contribution in [-0.2, 0) is 5.41 Å². The van der Waals surface area contributed by atoms with Gasteiger partial charge in [0, 0.05) is 22.8 Å². The molecule has 0 fully saturated rings. The molecule has 8 aromatic carbocycles. The molecule has 51 heavy (non-hydrogen) atoms. The molecule has 0 amide bonds. The van der Waals surface area contributed by atoms with Crippen LogP contribution >= 0.6 is 0 Å². The molecular weight excluding hydrogens is 619 g/mol. The molecule has 0 bridgehead atoms. The molecule has 0 spiro atoms. The van der Waals surface area contributed by atoms with Crippen molar-refractivity contribution in [3.63, 3.8) is 0 Å². The van der Waals surface area contributed by atoms with E-state index in [1.165, 1.54) is 54.7 Å². The van der Waals surface area contributed by atoms with Crippen molar-refractivity contribution in [2.75, 3.05) is 0 Å². The molecule has 0 radical (unpaired) electrons. The average molecular weight is 656 g/mol. The summed E-state index contributed by atoms with van der Waals surface area (Å²) >= 11 is 0. The number of benzene rings is 8. The predicted octanol–water partition coefficient (Wildman–Crippen LogP) is 11.9. The van der Waals surface area contributed by atoms with E-state index in [1.54, 1.807) is 0 Å². The van der Waals surface area contributed by atoms with Gasteiger partial charge in [0.2, 0.25) is 0 Å². The molecule has 1 atom stereocenters. The number of hydrogen-bond donors (Lipinski definition) is 2. The Morgan fingerprint density at radius 1 is 0.608 bits per heavy atom. The van der Waals surface area contributed by atoms with Crippen molar-refractivity contribution in [3.8, 4) is 22.3 Å². The Balaban J connectivity index is 1.20. The summed E-state index contributed by atoms with van der Waals surface area (Å²) in [5.41, 5.74) is 10.4. The zero-order valence-electron chi connectivity index (χ0n) is 28.7. The number of nitrogens with zero attached hydrogens (tertiary/aromatic N) is 1. The van der Waals surface area contributed by atoms with Crippen molar-refractivity contribution in [2.24, 2.45) is 4.99 Å². The molecule has 1 unspecified atom stereocenters. The molecule has 9 rings (SSSR count). The molecule has 3 nitrogen and oxygen atoms in total. The number of amidine groups is 1. The maximum Gasteiger partial charge on any atom is 0.145 e. The van der Waals surface area contributed by atoms with Gasteiger partial charge in [-0.15, -0.1) is 0 Å². The Kier molecular flexibility index (Phi) is 7.36. The van der Waals surface area contributed by atoms with Gasteiger partial charge in [0.1, 0.15) is 12.0 Å². The maximum atomic E-state index is 9.12. The van der Waals surface area contributed by atoms with E-state index in [1.807, 2.05) is 36.5 Å². The first-order valence-corrected chi connectivity index (χ1v) is 17.6. The summed E-state index contributed by atoms with van der Waals surface area (Å²) in [5.74, 6) is 0.327. The molecule has 1 aliphatic rings. The summed E-state index contributed by atoms with van der Waals surface area (Å²) in [6, 6.07) is 57.8. The van der Waals surface area contributed by atoms with Crippen LogP contribution < -0.4 is 5.32 Å². The van der Waals surface area contributed by atoms with E-state index in [4.69, 9.17) is 10.4 Å². The third kappa shape index (κ3) is 5.21. The first-order valence-electron chi connectivity index (χ1n) is 17.6. The lowest BCUT2D eigenvalue weighted by Crippen LogP contribution is -2.27. The number of rotatable bonds is 6. The molecule has 1 aliphatic carbocycles. The van der Waals surface area contributed by atoms with E-state index in [2.05, 4.69) is 153 Å². The van der Waals surface area contributed by atoms with Crippen LogP contribution in [-0.4, -0.2) is 12.1 Å². The molecule has 0 saturated heterocycles. The van der Waals surface area contributed by atoms with Gasteiger partial charge < -0.3 is 5.32 Å². The van der Waals surface area contributed by atoms with E-state index in [-0.39, 0.29) is 5.41 Å². The lowest BCUT2D eigenvalue weighted by Gasteiger charge is -2.25. The third-order valence-corrected chi connectivity index (χ3v) is 10.6. The van der Waals surface area contributed by atoms with Gasteiger partial charge in [-0.05, 0) is 83.4 Å². The summed E-state index contributed by atoms with van der Waals surface area (Å²) in [6.07, 6.45) is 1.52. The standard InChI is InChI=1S/C48H37N3/c1-48(2)43-25-11-10-22-40(43)41-24-13-23-39(45(41)48)34-18-12-19-36(29-34)47(51-46(49)32-15-4-3-5-16-32)50-30-42-37-20-8-7-17-33(37)28-35-27-26-31-14-6-9-21-38(31)44(35)42/h3-30,47H,1-2H3,(H2,49,51)/b50-30+. The number of nitrogens with one attached hydrogen (secondary N) is 2. The molecule has 244 valence electrons. The molecule has 0 aliphatic heterocycles. The first kappa shape index (κ1) is 30.7. The van der Waals surface area contributed by atoms with Gasteiger partial charge in [0.15, 0.2) is 0 Å². The number of hydrogen-bond acceptors (Lipinski definition) is 2. The Morgan fingerprint density at radius 2 is 1.27 bits per heavy atom. The van der Waals surface area contributed by atoms with Gasteiger partial charge in [-0.2, -0.15) is 0 Å². The van der Waals surface area contributed by atoms with Crippen molar-refractivity contribution in [1.82, 2.24) is 5.32 Å². The quantitative estimate of drug-likeness (QED) is 0.0796. The summed E-state index contributed by atoms with van der Waals surface area (Å²) in [4.78, 5) is 5.33. The Hall–Kier alpha value is -6.32. The van der Waals surface area contributed by atoms with Crippen LogP contribution in [0.5, 0.6) is 0 Å². The molecule has 0 aromatic heterocycles. The van der Waals surface area contributed by atoms with Crippen LogP contribution in [0.3, 0.4) is 0 Å². The van der Waals surface area contributed by atoms with Crippen molar-refractivity contribution in [3.05, 3.63) is 192 Å². The fraction of sp³-hybridized carbons (Fsp3) is 0.0833. The van der Waals surface area contributed by atoms with E-state index in [0.29, 0.717) is 5.84 Å². The lowest BCUT2D eigenvalue weighted by atomic mass is 9.78. The Bertz CT molecular complexity index is 2670. The minimum absolute atomic E-state index is 0.137. The number of fused-ring (bicyclic) bond motifs is 7. The molecule has 2 N–H and O–H groups in total. The predicted molar refractivity (Wildman–Crippen MR) is 215 cm³/mol. The average Bonchev–Trinajstić information content (AvgIpc) is 3.42. The molecular formula is C48H37N3. The summed E-state index contributed by atoms with van der Waals surface area (Å²) in [6.45, 7) is 4.66. The fourth-order valence-electron chi connectivity index (χ4n) is 8.16. The zero-order chi connectivity index (χ0) is 34.5. The van der Waals surface area contributed by atoms with Gasteiger partial charge in [-0.25, -0.2) is 0 Å². The van der Waals surface area contributed by atoms with Crippen molar-refractivity contribution in [1.29, 1.82) is 5.41 Å². The zero-order valence-corrected chi connectivity index (χ0v) is 28.7. The normalized spacial score (nSPS) is 13.8. The first-order chi connectivity index (χ1) is 25.0. The molecule has 0 saturated carbocycles. The van der Waals surface area contributed by atoms with Crippen molar-refractivity contribution < 1.29 is 0 Å². The second-order valence-electron chi connectivity index (χ2n) is 14.0. The van der Waals surface area contributed by atoms with Crippen LogP contribution in [0.2, 0.25) is 0 Å². The fourth-order valence-corrected chi connectivity index (χ4v) is 8.16.